The minimum Gasteiger partial charge on any atom is -0.481 e. The van der Waals surface area contributed by atoms with Crippen LogP contribution < -0.4 is 9.47 Å². The molecule has 128 valence electrons. The Hall–Kier alpha value is -2.87. The minimum absolute atomic E-state index is 0.0183. The van der Waals surface area contributed by atoms with E-state index in [1.54, 1.807) is 0 Å². The molecule has 4 rings (SSSR count). The summed E-state index contributed by atoms with van der Waals surface area (Å²) >= 11 is 1.52. The fourth-order valence-corrected chi connectivity index (χ4v) is 3.44. The third-order valence-electron chi connectivity index (χ3n) is 3.81. The van der Waals surface area contributed by atoms with Gasteiger partial charge in [-0.3, -0.25) is 4.79 Å². The number of carboxylic acids is 1. The van der Waals surface area contributed by atoms with E-state index in [1.807, 2.05) is 30.5 Å². The van der Waals surface area contributed by atoms with Gasteiger partial charge in [-0.15, -0.1) is 11.3 Å². The van der Waals surface area contributed by atoms with Crippen LogP contribution in [0.25, 0.3) is 22.0 Å². The monoisotopic (exact) mass is 357 g/mol. The first-order valence-corrected chi connectivity index (χ1v) is 8.61. The summed E-state index contributed by atoms with van der Waals surface area (Å²) in [5.74, 6) is 1.15. The lowest BCUT2D eigenvalue weighted by Crippen LogP contribution is -1.98. The summed E-state index contributed by atoms with van der Waals surface area (Å²) < 4.78 is 10.8. The highest BCUT2D eigenvalue weighted by Gasteiger charge is 2.20. The molecule has 0 saturated carbocycles. The number of ether oxygens (including phenoxy) is 2. The number of aliphatic carboxylic acids is 1. The van der Waals surface area contributed by atoms with Gasteiger partial charge in [-0.1, -0.05) is 0 Å². The van der Waals surface area contributed by atoms with Gasteiger partial charge in [0.05, 0.1) is 12.1 Å². The molecule has 0 atom stereocenters. The van der Waals surface area contributed by atoms with Crippen molar-refractivity contribution in [3.05, 3.63) is 35.1 Å². The summed E-state index contributed by atoms with van der Waals surface area (Å²) in [5, 5.41) is 11.7. The molecule has 0 spiro atoms. The first-order chi connectivity index (χ1) is 12.1. The fraction of sp³-hybridized carbons (Fsp3) is 0.235. The predicted molar refractivity (Wildman–Crippen MR) is 91.9 cm³/mol. The van der Waals surface area contributed by atoms with Gasteiger partial charge in [0.15, 0.2) is 11.5 Å². The molecule has 0 fully saturated rings. The quantitative estimate of drug-likeness (QED) is 0.727. The zero-order chi connectivity index (χ0) is 17.4. The Balaban J connectivity index is 1.77. The lowest BCUT2D eigenvalue weighted by Gasteiger charge is -2.02. The first-order valence-electron chi connectivity index (χ1n) is 7.73. The minimum atomic E-state index is -0.854. The van der Waals surface area contributed by atoms with E-state index in [0.717, 1.165) is 27.7 Å². The SMILES string of the molecule is Cc1csc(-c2[nH]c(CCC(=O)O)nc2-c2ccc3c(c2)OCO3)n1. The van der Waals surface area contributed by atoms with Crippen molar-refractivity contribution in [3.8, 4) is 33.5 Å². The van der Waals surface area contributed by atoms with Crippen LogP contribution in [0.3, 0.4) is 0 Å². The molecule has 0 unspecified atom stereocenters. The van der Waals surface area contributed by atoms with Crippen molar-refractivity contribution >= 4 is 17.3 Å². The Morgan fingerprint density at radius 1 is 1.32 bits per heavy atom. The maximum atomic E-state index is 10.9. The lowest BCUT2D eigenvalue weighted by atomic mass is 10.1. The molecule has 8 heteroatoms. The van der Waals surface area contributed by atoms with Crippen molar-refractivity contribution < 1.29 is 19.4 Å². The topological polar surface area (TPSA) is 97.3 Å². The third-order valence-corrected chi connectivity index (χ3v) is 4.79. The van der Waals surface area contributed by atoms with Crippen LogP contribution in [0, 0.1) is 6.92 Å². The number of nitrogens with zero attached hydrogens (tertiary/aromatic N) is 2. The second kappa shape index (κ2) is 6.21. The molecule has 25 heavy (non-hydrogen) atoms. The number of rotatable bonds is 5. The van der Waals surface area contributed by atoms with Gasteiger partial charge in [-0.25, -0.2) is 9.97 Å². The van der Waals surface area contributed by atoms with E-state index in [0.29, 0.717) is 23.7 Å². The predicted octanol–water partition coefficient (Wildman–Crippen LogP) is 3.25. The second-order valence-corrected chi connectivity index (χ2v) is 6.52. The van der Waals surface area contributed by atoms with Crippen molar-refractivity contribution in [2.45, 2.75) is 19.8 Å². The van der Waals surface area contributed by atoms with Crippen LogP contribution in [0.5, 0.6) is 11.5 Å². The van der Waals surface area contributed by atoms with Gasteiger partial charge >= 0.3 is 5.97 Å². The number of imidazole rings is 1. The molecule has 2 aromatic heterocycles. The Bertz CT molecular complexity index is 947. The first kappa shape index (κ1) is 15.6. The van der Waals surface area contributed by atoms with Crippen LogP contribution in [0.1, 0.15) is 17.9 Å². The van der Waals surface area contributed by atoms with Crippen molar-refractivity contribution in [2.75, 3.05) is 6.79 Å². The number of hydrogen-bond donors (Lipinski definition) is 2. The summed E-state index contributed by atoms with van der Waals surface area (Å²) in [6.07, 6.45) is 0.349. The molecule has 0 amide bonds. The average molecular weight is 357 g/mol. The highest BCUT2D eigenvalue weighted by atomic mass is 32.1. The zero-order valence-corrected chi connectivity index (χ0v) is 14.2. The highest BCUT2D eigenvalue weighted by molar-refractivity contribution is 7.13. The molecule has 3 aromatic rings. The van der Waals surface area contributed by atoms with Crippen LogP contribution in [0.4, 0.5) is 0 Å². The molecule has 3 heterocycles. The molecule has 0 aliphatic carbocycles. The molecule has 1 aromatic carbocycles. The number of carbonyl (C=O) groups is 1. The number of fused-ring (bicyclic) bond motifs is 1. The van der Waals surface area contributed by atoms with Gasteiger partial charge in [0, 0.05) is 23.1 Å². The van der Waals surface area contributed by atoms with Gasteiger partial charge in [0.25, 0.3) is 0 Å². The Kier molecular flexibility index (Phi) is 3.89. The maximum Gasteiger partial charge on any atom is 0.303 e. The molecule has 2 N–H and O–H groups in total. The average Bonchev–Trinajstić information content (AvgIpc) is 3.30. The lowest BCUT2D eigenvalue weighted by molar-refractivity contribution is -0.137. The molecular weight excluding hydrogens is 342 g/mol. The Morgan fingerprint density at radius 2 is 2.16 bits per heavy atom. The molecule has 7 nitrogen and oxygen atoms in total. The van der Waals surface area contributed by atoms with E-state index in [2.05, 4.69) is 15.0 Å². The Morgan fingerprint density at radius 3 is 2.92 bits per heavy atom. The summed E-state index contributed by atoms with van der Waals surface area (Å²) in [5.41, 5.74) is 3.31. The highest BCUT2D eigenvalue weighted by Crippen LogP contribution is 2.38. The van der Waals surface area contributed by atoms with Crippen LogP contribution in [-0.2, 0) is 11.2 Å². The van der Waals surface area contributed by atoms with Crippen molar-refractivity contribution in [2.24, 2.45) is 0 Å². The number of carboxylic acid groups (broad SMARTS) is 1. The van der Waals surface area contributed by atoms with Crippen LogP contribution in [0.15, 0.2) is 23.6 Å². The summed E-state index contributed by atoms with van der Waals surface area (Å²) in [7, 11) is 0. The second-order valence-electron chi connectivity index (χ2n) is 5.66. The summed E-state index contributed by atoms with van der Waals surface area (Å²) in [4.78, 5) is 23.2. The van der Waals surface area contributed by atoms with Gasteiger partial charge in [-0.2, -0.15) is 0 Å². The van der Waals surface area contributed by atoms with Gasteiger partial charge < -0.3 is 19.6 Å². The van der Waals surface area contributed by atoms with Crippen LogP contribution in [-0.4, -0.2) is 32.8 Å². The fourth-order valence-electron chi connectivity index (χ4n) is 2.64. The van der Waals surface area contributed by atoms with Gasteiger partial charge in [0.1, 0.15) is 16.5 Å². The van der Waals surface area contributed by atoms with E-state index in [4.69, 9.17) is 14.6 Å². The Labute approximate surface area is 147 Å². The standard InChI is InChI=1S/C17H15N3O4S/c1-9-7-25-17(18-9)16-15(19-13(20-16)4-5-14(21)22)10-2-3-11-12(6-10)24-8-23-11/h2-3,6-7H,4-5,8H2,1H3,(H,19,20)(H,21,22). The smallest absolute Gasteiger partial charge is 0.303 e. The largest absolute Gasteiger partial charge is 0.481 e. The van der Waals surface area contributed by atoms with Gasteiger partial charge in [-0.05, 0) is 25.1 Å². The van der Waals surface area contributed by atoms with Crippen molar-refractivity contribution in [1.29, 1.82) is 0 Å². The van der Waals surface area contributed by atoms with Crippen LogP contribution >= 0.6 is 11.3 Å². The number of H-pyrrole nitrogens is 1. The van der Waals surface area contributed by atoms with E-state index in [-0.39, 0.29) is 13.2 Å². The molecule has 1 aliphatic rings. The number of benzene rings is 1. The van der Waals surface area contributed by atoms with Crippen molar-refractivity contribution in [3.63, 3.8) is 0 Å². The number of aromatic amines is 1. The maximum absolute atomic E-state index is 10.9. The van der Waals surface area contributed by atoms with E-state index in [1.165, 1.54) is 11.3 Å². The molecule has 0 saturated heterocycles. The number of thiazole rings is 1. The summed E-state index contributed by atoms with van der Waals surface area (Å²) in [6, 6.07) is 5.64. The normalized spacial score (nSPS) is 12.5. The van der Waals surface area contributed by atoms with Crippen molar-refractivity contribution in [1.82, 2.24) is 15.0 Å². The number of hydrogen-bond acceptors (Lipinski definition) is 6. The number of aromatic nitrogens is 3. The van der Waals surface area contributed by atoms with Crippen LogP contribution in [0.2, 0.25) is 0 Å². The zero-order valence-electron chi connectivity index (χ0n) is 13.4. The molecule has 0 bridgehead atoms. The van der Waals surface area contributed by atoms with Gasteiger partial charge in [0.2, 0.25) is 6.79 Å². The number of aryl methyl sites for hydroxylation is 2. The summed E-state index contributed by atoms with van der Waals surface area (Å²) in [6.45, 7) is 2.14. The molecule has 1 aliphatic heterocycles. The third kappa shape index (κ3) is 3.08. The van der Waals surface area contributed by atoms with E-state index in [9.17, 15) is 4.79 Å². The van der Waals surface area contributed by atoms with E-state index >= 15 is 0 Å². The number of nitrogens with one attached hydrogen (secondary N) is 1. The molecular formula is C17H15N3O4S. The molecule has 0 radical (unpaired) electrons. The van der Waals surface area contributed by atoms with E-state index < -0.39 is 5.97 Å².